The molecule has 0 aliphatic carbocycles. The molecule has 142 valence electrons. The van der Waals surface area contributed by atoms with E-state index in [2.05, 4.69) is 15.6 Å². The van der Waals surface area contributed by atoms with Gasteiger partial charge in [0, 0.05) is 26.3 Å². The largest absolute Gasteiger partial charge is 0.385 e. The van der Waals surface area contributed by atoms with Crippen LogP contribution in [-0.2, 0) is 16.1 Å². The third kappa shape index (κ3) is 4.67. The van der Waals surface area contributed by atoms with E-state index in [0.29, 0.717) is 40.2 Å². The molecule has 0 radical (unpaired) electrons. The minimum Gasteiger partial charge on any atom is -0.385 e. The highest BCUT2D eigenvalue weighted by atomic mass is 32.1. The fraction of sp³-hybridized carbons (Fsp3) is 0.529. The number of rotatable bonds is 8. The summed E-state index contributed by atoms with van der Waals surface area (Å²) in [6.07, 6.45) is 2.05. The second-order valence-electron chi connectivity index (χ2n) is 6.24. The van der Waals surface area contributed by atoms with Crippen LogP contribution in [0.15, 0.2) is 11.1 Å². The van der Waals surface area contributed by atoms with Crippen LogP contribution < -0.4 is 16.2 Å². The number of aromatic nitrogens is 2. The Morgan fingerprint density at radius 2 is 2.12 bits per heavy atom. The molecule has 0 atom stereocenters. The SMILES string of the molecule is COCCCNC(=O)Cn1cnc2sc(C(=O)NC(C)C)c(C)c2c1=O. The van der Waals surface area contributed by atoms with Gasteiger partial charge in [-0.3, -0.25) is 19.0 Å². The van der Waals surface area contributed by atoms with Crippen molar-refractivity contribution in [2.45, 2.75) is 39.8 Å². The van der Waals surface area contributed by atoms with E-state index in [-0.39, 0.29) is 30.0 Å². The van der Waals surface area contributed by atoms with Crippen molar-refractivity contribution >= 4 is 33.4 Å². The summed E-state index contributed by atoms with van der Waals surface area (Å²) in [6.45, 7) is 6.40. The van der Waals surface area contributed by atoms with Crippen LogP contribution in [0.5, 0.6) is 0 Å². The predicted octanol–water partition coefficient (Wildman–Crippen LogP) is 1.06. The average molecular weight is 380 g/mol. The van der Waals surface area contributed by atoms with Crippen molar-refractivity contribution in [3.05, 3.63) is 27.1 Å². The van der Waals surface area contributed by atoms with Gasteiger partial charge in [-0.2, -0.15) is 0 Å². The molecular weight excluding hydrogens is 356 g/mol. The Morgan fingerprint density at radius 1 is 1.38 bits per heavy atom. The molecule has 2 aromatic rings. The second-order valence-corrected chi connectivity index (χ2v) is 7.24. The van der Waals surface area contributed by atoms with Crippen molar-refractivity contribution in [3.63, 3.8) is 0 Å². The summed E-state index contributed by atoms with van der Waals surface area (Å²) in [5, 5.41) is 5.94. The zero-order valence-electron chi connectivity index (χ0n) is 15.4. The molecule has 8 nitrogen and oxygen atoms in total. The van der Waals surface area contributed by atoms with Crippen molar-refractivity contribution in [2.75, 3.05) is 20.3 Å². The Hall–Kier alpha value is -2.26. The number of aryl methyl sites for hydroxylation is 1. The normalized spacial score (nSPS) is 11.1. The summed E-state index contributed by atoms with van der Waals surface area (Å²) in [5.74, 6) is -0.489. The molecule has 0 saturated heterocycles. The molecule has 2 heterocycles. The van der Waals surface area contributed by atoms with Gasteiger partial charge in [0.25, 0.3) is 11.5 Å². The minimum atomic E-state index is -0.320. The van der Waals surface area contributed by atoms with Crippen LogP contribution in [0, 0.1) is 6.92 Å². The third-order valence-electron chi connectivity index (χ3n) is 3.70. The Kier molecular flexibility index (Phi) is 6.87. The van der Waals surface area contributed by atoms with E-state index in [0.717, 1.165) is 0 Å². The summed E-state index contributed by atoms with van der Waals surface area (Å²) in [6, 6.07) is -0.00136. The molecule has 0 aliphatic heterocycles. The lowest BCUT2D eigenvalue weighted by Crippen LogP contribution is -2.33. The zero-order chi connectivity index (χ0) is 19.3. The van der Waals surface area contributed by atoms with Gasteiger partial charge in [0.2, 0.25) is 5.91 Å². The zero-order valence-corrected chi connectivity index (χ0v) is 16.2. The number of ether oxygens (including phenoxy) is 1. The molecule has 0 aliphatic rings. The molecule has 0 unspecified atom stereocenters. The van der Waals surface area contributed by atoms with Crippen LogP contribution in [0.1, 0.15) is 35.5 Å². The van der Waals surface area contributed by atoms with Gasteiger partial charge in [0.15, 0.2) is 0 Å². The first kappa shape index (κ1) is 20.1. The van der Waals surface area contributed by atoms with Gasteiger partial charge in [-0.1, -0.05) is 0 Å². The maximum absolute atomic E-state index is 12.7. The number of carbonyl (C=O) groups excluding carboxylic acids is 2. The van der Waals surface area contributed by atoms with E-state index in [1.54, 1.807) is 14.0 Å². The summed E-state index contributed by atoms with van der Waals surface area (Å²) in [4.78, 5) is 42.2. The van der Waals surface area contributed by atoms with Crippen molar-refractivity contribution in [1.82, 2.24) is 20.2 Å². The fourth-order valence-electron chi connectivity index (χ4n) is 2.47. The van der Waals surface area contributed by atoms with E-state index in [9.17, 15) is 14.4 Å². The molecule has 0 saturated carbocycles. The van der Waals surface area contributed by atoms with Gasteiger partial charge in [-0.15, -0.1) is 11.3 Å². The van der Waals surface area contributed by atoms with Gasteiger partial charge in [0.05, 0.1) is 16.6 Å². The molecule has 2 aromatic heterocycles. The predicted molar refractivity (Wildman–Crippen MR) is 101 cm³/mol. The van der Waals surface area contributed by atoms with Gasteiger partial charge in [0.1, 0.15) is 11.4 Å². The Labute approximate surface area is 155 Å². The first-order valence-electron chi connectivity index (χ1n) is 8.40. The van der Waals surface area contributed by atoms with Crippen LogP contribution in [0.2, 0.25) is 0 Å². The highest BCUT2D eigenvalue weighted by Crippen LogP contribution is 2.26. The number of methoxy groups -OCH3 is 1. The lowest BCUT2D eigenvalue weighted by molar-refractivity contribution is -0.121. The molecule has 0 spiro atoms. The monoisotopic (exact) mass is 380 g/mol. The smallest absolute Gasteiger partial charge is 0.262 e. The van der Waals surface area contributed by atoms with Crippen molar-refractivity contribution in [3.8, 4) is 0 Å². The number of nitrogens with zero attached hydrogens (tertiary/aromatic N) is 2. The van der Waals surface area contributed by atoms with Crippen LogP contribution in [-0.4, -0.2) is 47.7 Å². The molecule has 9 heteroatoms. The number of carbonyl (C=O) groups is 2. The molecule has 0 aromatic carbocycles. The first-order chi connectivity index (χ1) is 12.3. The number of fused-ring (bicyclic) bond motifs is 1. The quantitative estimate of drug-likeness (QED) is 0.667. The number of amides is 2. The lowest BCUT2D eigenvalue weighted by atomic mass is 10.2. The molecule has 0 fully saturated rings. The van der Waals surface area contributed by atoms with Crippen LogP contribution in [0.3, 0.4) is 0 Å². The van der Waals surface area contributed by atoms with E-state index < -0.39 is 0 Å². The van der Waals surface area contributed by atoms with Crippen LogP contribution in [0.4, 0.5) is 0 Å². The number of nitrogens with one attached hydrogen (secondary N) is 2. The standard InChI is InChI=1S/C17H24N4O4S/c1-10(2)20-15(23)14-11(3)13-16(26-14)19-9-21(17(13)24)8-12(22)18-6-5-7-25-4/h9-10H,5-8H2,1-4H3,(H,18,22)(H,20,23). The average Bonchev–Trinajstić information content (AvgIpc) is 2.91. The van der Waals surface area contributed by atoms with Gasteiger partial charge >= 0.3 is 0 Å². The van der Waals surface area contributed by atoms with Gasteiger partial charge in [-0.25, -0.2) is 4.98 Å². The Morgan fingerprint density at radius 3 is 2.77 bits per heavy atom. The topological polar surface area (TPSA) is 102 Å². The van der Waals surface area contributed by atoms with E-state index in [1.807, 2.05) is 13.8 Å². The number of thiophene rings is 1. The summed E-state index contributed by atoms with van der Waals surface area (Å²) >= 11 is 1.18. The molecular formula is C17H24N4O4S. The fourth-order valence-corrected chi connectivity index (χ4v) is 3.51. The number of hydrogen-bond donors (Lipinski definition) is 2. The van der Waals surface area contributed by atoms with E-state index in [4.69, 9.17) is 4.74 Å². The summed E-state index contributed by atoms with van der Waals surface area (Å²) in [7, 11) is 1.60. The van der Waals surface area contributed by atoms with Crippen molar-refractivity contribution in [1.29, 1.82) is 0 Å². The maximum Gasteiger partial charge on any atom is 0.262 e. The second kappa shape index (κ2) is 8.91. The first-order valence-corrected chi connectivity index (χ1v) is 9.21. The van der Waals surface area contributed by atoms with Crippen molar-refractivity contribution < 1.29 is 14.3 Å². The molecule has 0 bridgehead atoms. The van der Waals surface area contributed by atoms with Gasteiger partial charge in [-0.05, 0) is 32.8 Å². The minimum absolute atomic E-state index is 0.00136. The summed E-state index contributed by atoms with van der Waals surface area (Å²) < 4.78 is 6.18. The molecule has 26 heavy (non-hydrogen) atoms. The van der Waals surface area contributed by atoms with Crippen LogP contribution in [0.25, 0.3) is 10.2 Å². The van der Waals surface area contributed by atoms with E-state index >= 15 is 0 Å². The lowest BCUT2D eigenvalue weighted by Gasteiger charge is -2.07. The van der Waals surface area contributed by atoms with Crippen molar-refractivity contribution in [2.24, 2.45) is 0 Å². The molecule has 2 N–H and O–H groups in total. The van der Waals surface area contributed by atoms with E-state index in [1.165, 1.54) is 22.2 Å². The highest BCUT2D eigenvalue weighted by Gasteiger charge is 2.20. The third-order valence-corrected chi connectivity index (χ3v) is 4.90. The number of hydrogen-bond acceptors (Lipinski definition) is 6. The van der Waals surface area contributed by atoms with Gasteiger partial charge < -0.3 is 15.4 Å². The highest BCUT2D eigenvalue weighted by molar-refractivity contribution is 7.20. The summed E-state index contributed by atoms with van der Waals surface area (Å²) in [5.41, 5.74) is 0.273. The molecule has 2 rings (SSSR count). The van der Waals surface area contributed by atoms with Crippen LogP contribution >= 0.6 is 11.3 Å². The maximum atomic E-state index is 12.7. The Bertz CT molecular complexity index is 856. The Balaban J connectivity index is 2.22. The molecule has 2 amide bonds.